The molecule has 1 aliphatic heterocycles. The van der Waals surface area contributed by atoms with E-state index in [2.05, 4.69) is 32.0 Å². The molecule has 0 spiro atoms. The third-order valence-corrected chi connectivity index (χ3v) is 4.28. The first kappa shape index (κ1) is 13.4. The number of likely N-dealkylation sites (tertiary alicyclic amines) is 1. The Morgan fingerprint density at radius 3 is 2.95 bits per heavy atom. The largest absolute Gasteiger partial charge is 0.342 e. The Kier molecular flexibility index (Phi) is 3.35. The molecule has 112 valence electrons. The van der Waals surface area contributed by atoms with Gasteiger partial charge in [0, 0.05) is 31.4 Å². The third kappa shape index (κ3) is 2.60. The highest BCUT2D eigenvalue weighted by atomic mass is 19.1. The lowest BCUT2D eigenvalue weighted by Gasteiger charge is -2.15. The SMILES string of the molecule is Fc1ccc2nc(C3CCN(Cc4ccncc4)C3)[nH]c2c1. The van der Waals surface area contributed by atoms with Crippen molar-refractivity contribution in [2.45, 2.75) is 18.9 Å². The maximum absolute atomic E-state index is 13.3. The second-order valence-electron chi connectivity index (χ2n) is 5.86. The Morgan fingerprint density at radius 2 is 2.09 bits per heavy atom. The van der Waals surface area contributed by atoms with Gasteiger partial charge in [0.25, 0.3) is 0 Å². The smallest absolute Gasteiger partial charge is 0.125 e. The van der Waals surface area contributed by atoms with Crippen LogP contribution in [0, 0.1) is 5.82 Å². The quantitative estimate of drug-likeness (QED) is 0.808. The molecule has 4 rings (SSSR count). The summed E-state index contributed by atoms with van der Waals surface area (Å²) in [7, 11) is 0. The summed E-state index contributed by atoms with van der Waals surface area (Å²) >= 11 is 0. The zero-order valence-electron chi connectivity index (χ0n) is 12.2. The van der Waals surface area contributed by atoms with Crippen LogP contribution in [0.15, 0.2) is 42.7 Å². The lowest BCUT2D eigenvalue weighted by molar-refractivity contribution is 0.326. The van der Waals surface area contributed by atoms with Crippen LogP contribution < -0.4 is 0 Å². The zero-order chi connectivity index (χ0) is 14.9. The molecule has 3 aromatic rings. The molecule has 1 unspecified atom stereocenters. The Hall–Kier alpha value is -2.27. The van der Waals surface area contributed by atoms with Gasteiger partial charge in [-0.15, -0.1) is 0 Å². The molecular formula is C17H17FN4. The van der Waals surface area contributed by atoms with E-state index in [4.69, 9.17) is 0 Å². The molecule has 4 nitrogen and oxygen atoms in total. The number of hydrogen-bond donors (Lipinski definition) is 1. The van der Waals surface area contributed by atoms with Gasteiger partial charge in [0.1, 0.15) is 11.6 Å². The molecule has 2 aromatic heterocycles. The standard InChI is InChI=1S/C17H17FN4/c18-14-1-2-15-16(9-14)21-17(20-15)13-5-8-22(11-13)10-12-3-6-19-7-4-12/h1-4,6-7,9,13H,5,8,10-11H2,(H,20,21). The Bertz CT molecular complexity index is 784. The van der Waals surface area contributed by atoms with Crippen molar-refractivity contribution in [2.75, 3.05) is 13.1 Å². The molecule has 1 aliphatic rings. The van der Waals surface area contributed by atoms with Gasteiger partial charge in [0.2, 0.25) is 0 Å². The van der Waals surface area contributed by atoms with Crippen molar-refractivity contribution in [1.82, 2.24) is 19.9 Å². The number of imidazole rings is 1. The molecule has 1 N–H and O–H groups in total. The summed E-state index contributed by atoms with van der Waals surface area (Å²) in [5.41, 5.74) is 2.90. The minimum Gasteiger partial charge on any atom is -0.342 e. The van der Waals surface area contributed by atoms with Gasteiger partial charge in [-0.3, -0.25) is 9.88 Å². The van der Waals surface area contributed by atoms with Crippen LogP contribution in [0.2, 0.25) is 0 Å². The van der Waals surface area contributed by atoms with Gasteiger partial charge >= 0.3 is 0 Å². The molecule has 1 atom stereocenters. The average Bonchev–Trinajstić information content (AvgIpc) is 3.14. The predicted molar refractivity (Wildman–Crippen MR) is 82.9 cm³/mol. The number of hydrogen-bond acceptors (Lipinski definition) is 3. The minimum absolute atomic E-state index is 0.228. The van der Waals surface area contributed by atoms with Gasteiger partial charge in [-0.1, -0.05) is 0 Å². The van der Waals surface area contributed by atoms with E-state index in [1.165, 1.54) is 17.7 Å². The van der Waals surface area contributed by atoms with Crippen molar-refractivity contribution in [3.05, 3.63) is 59.9 Å². The molecule has 0 bridgehead atoms. The van der Waals surface area contributed by atoms with Crippen molar-refractivity contribution < 1.29 is 4.39 Å². The van der Waals surface area contributed by atoms with E-state index in [9.17, 15) is 4.39 Å². The van der Waals surface area contributed by atoms with E-state index in [0.717, 1.165) is 42.9 Å². The highest BCUT2D eigenvalue weighted by molar-refractivity contribution is 5.75. The molecule has 5 heteroatoms. The number of nitrogens with zero attached hydrogens (tertiary/aromatic N) is 3. The van der Waals surface area contributed by atoms with Gasteiger partial charge in [-0.2, -0.15) is 0 Å². The van der Waals surface area contributed by atoms with Crippen molar-refractivity contribution >= 4 is 11.0 Å². The van der Waals surface area contributed by atoms with Gasteiger partial charge in [-0.25, -0.2) is 9.37 Å². The summed E-state index contributed by atoms with van der Waals surface area (Å²) in [5, 5.41) is 0. The van der Waals surface area contributed by atoms with Crippen LogP contribution in [0.4, 0.5) is 4.39 Å². The van der Waals surface area contributed by atoms with Crippen molar-refractivity contribution in [3.8, 4) is 0 Å². The van der Waals surface area contributed by atoms with E-state index in [-0.39, 0.29) is 5.82 Å². The van der Waals surface area contributed by atoms with Gasteiger partial charge in [-0.05, 0) is 48.9 Å². The lowest BCUT2D eigenvalue weighted by atomic mass is 10.1. The summed E-state index contributed by atoms with van der Waals surface area (Å²) in [6.07, 6.45) is 4.74. The molecule has 1 saturated heterocycles. The van der Waals surface area contributed by atoms with Crippen LogP contribution >= 0.6 is 0 Å². The number of pyridine rings is 1. The van der Waals surface area contributed by atoms with Gasteiger partial charge in [0.15, 0.2) is 0 Å². The first-order valence-electron chi connectivity index (χ1n) is 7.54. The summed E-state index contributed by atoms with van der Waals surface area (Å²) < 4.78 is 13.3. The van der Waals surface area contributed by atoms with Crippen LogP contribution in [-0.2, 0) is 6.54 Å². The number of H-pyrrole nitrogens is 1. The predicted octanol–water partition coefficient (Wildman–Crippen LogP) is 3.09. The van der Waals surface area contributed by atoms with E-state index < -0.39 is 0 Å². The summed E-state index contributed by atoms with van der Waals surface area (Å²) in [4.78, 5) is 14.4. The second-order valence-corrected chi connectivity index (χ2v) is 5.86. The maximum Gasteiger partial charge on any atom is 0.125 e. The summed E-state index contributed by atoms with van der Waals surface area (Å²) in [5.74, 6) is 1.13. The number of aromatic nitrogens is 3. The van der Waals surface area contributed by atoms with Crippen molar-refractivity contribution in [3.63, 3.8) is 0 Å². The fourth-order valence-corrected chi connectivity index (χ4v) is 3.14. The van der Waals surface area contributed by atoms with E-state index >= 15 is 0 Å². The zero-order valence-corrected chi connectivity index (χ0v) is 12.2. The molecule has 1 aromatic carbocycles. The average molecular weight is 296 g/mol. The Labute approximate surface area is 128 Å². The molecule has 0 aliphatic carbocycles. The third-order valence-electron chi connectivity index (χ3n) is 4.28. The van der Waals surface area contributed by atoms with E-state index in [1.807, 2.05) is 12.4 Å². The summed E-state index contributed by atoms with van der Waals surface area (Å²) in [6, 6.07) is 8.80. The number of rotatable bonds is 3. The number of fused-ring (bicyclic) bond motifs is 1. The van der Waals surface area contributed by atoms with Gasteiger partial charge in [0.05, 0.1) is 11.0 Å². The molecule has 0 amide bonds. The Morgan fingerprint density at radius 1 is 1.23 bits per heavy atom. The first-order valence-corrected chi connectivity index (χ1v) is 7.54. The first-order chi connectivity index (χ1) is 10.8. The fourth-order valence-electron chi connectivity index (χ4n) is 3.14. The highest BCUT2D eigenvalue weighted by Gasteiger charge is 2.26. The maximum atomic E-state index is 13.3. The van der Waals surface area contributed by atoms with Crippen LogP contribution in [0.25, 0.3) is 11.0 Å². The molecule has 22 heavy (non-hydrogen) atoms. The number of benzene rings is 1. The monoisotopic (exact) mass is 296 g/mol. The van der Waals surface area contributed by atoms with Crippen LogP contribution in [-0.4, -0.2) is 32.9 Å². The molecule has 1 fully saturated rings. The molecular weight excluding hydrogens is 279 g/mol. The van der Waals surface area contributed by atoms with E-state index in [0.29, 0.717) is 5.92 Å². The molecule has 0 radical (unpaired) electrons. The highest BCUT2D eigenvalue weighted by Crippen LogP contribution is 2.28. The fraction of sp³-hybridized carbons (Fsp3) is 0.294. The van der Waals surface area contributed by atoms with E-state index in [1.54, 1.807) is 6.07 Å². The normalized spacial score (nSPS) is 19.0. The van der Waals surface area contributed by atoms with Crippen LogP contribution in [0.1, 0.15) is 23.7 Å². The minimum atomic E-state index is -0.228. The van der Waals surface area contributed by atoms with Crippen LogP contribution in [0.5, 0.6) is 0 Å². The van der Waals surface area contributed by atoms with Crippen LogP contribution in [0.3, 0.4) is 0 Å². The van der Waals surface area contributed by atoms with Gasteiger partial charge < -0.3 is 4.98 Å². The molecule has 0 saturated carbocycles. The molecule has 3 heterocycles. The Balaban J connectivity index is 1.49. The van der Waals surface area contributed by atoms with Crippen molar-refractivity contribution in [2.24, 2.45) is 0 Å². The topological polar surface area (TPSA) is 44.8 Å². The van der Waals surface area contributed by atoms with Crippen molar-refractivity contribution in [1.29, 1.82) is 0 Å². The number of aromatic amines is 1. The summed E-state index contributed by atoms with van der Waals surface area (Å²) in [6.45, 7) is 2.97. The number of nitrogens with one attached hydrogen (secondary N) is 1. The second kappa shape index (κ2) is 5.50. The lowest BCUT2D eigenvalue weighted by Crippen LogP contribution is -2.19. The number of halogens is 1.